The molecule has 0 saturated carbocycles. The predicted molar refractivity (Wildman–Crippen MR) is 82.5 cm³/mol. The molecule has 1 aromatic rings. The summed E-state index contributed by atoms with van der Waals surface area (Å²) in [6.07, 6.45) is 0. The van der Waals surface area contributed by atoms with E-state index >= 15 is 0 Å². The van der Waals surface area contributed by atoms with E-state index in [9.17, 15) is 0 Å². The van der Waals surface area contributed by atoms with Crippen LogP contribution in [0.1, 0.15) is 41.5 Å². The summed E-state index contributed by atoms with van der Waals surface area (Å²) in [5, 5.41) is 0. The van der Waals surface area contributed by atoms with Gasteiger partial charge in [-0.05, 0) is 39.7 Å². The van der Waals surface area contributed by atoms with Crippen molar-refractivity contribution >= 4 is 12.6 Å². The molecule has 3 nitrogen and oxygen atoms in total. The van der Waals surface area contributed by atoms with Crippen LogP contribution in [-0.2, 0) is 9.31 Å². The summed E-state index contributed by atoms with van der Waals surface area (Å²) in [5.41, 5.74) is 0.304. The molecule has 0 unspecified atom stereocenters. The van der Waals surface area contributed by atoms with Gasteiger partial charge >= 0.3 is 7.12 Å². The molecule has 1 heterocycles. The Bertz CT molecular complexity index is 453. The first-order valence-electron chi connectivity index (χ1n) is 7.30. The molecule has 0 aliphatic carbocycles. The molecule has 1 aliphatic heterocycles. The first-order valence-corrected chi connectivity index (χ1v) is 7.30. The van der Waals surface area contributed by atoms with Crippen molar-refractivity contribution in [3.8, 4) is 5.75 Å². The lowest BCUT2D eigenvalue weighted by Crippen LogP contribution is -2.41. The summed E-state index contributed by atoms with van der Waals surface area (Å²) < 4.78 is 18.1. The molecule has 1 aromatic carbocycles. The third-order valence-electron chi connectivity index (χ3n) is 4.00. The molecule has 0 spiro atoms. The summed E-state index contributed by atoms with van der Waals surface area (Å²) in [5.74, 6) is 1.33. The Labute approximate surface area is 122 Å². The molecule has 1 aliphatic rings. The van der Waals surface area contributed by atoms with Crippen molar-refractivity contribution < 1.29 is 14.0 Å². The Morgan fingerprint density at radius 3 is 2.15 bits per heavy atom. The summed E-state index contributed by atoms with van der Waals surface area (Å²) in [6, 6.07) is 7.95. The molecule has 1 fully saturated rings. The fourth-order valence-corrected chi connectivity index (χ4v) is 2.03. The van der Waals surface area contributed by atoms with E-state index in [1.807, 2.05) is 24.3 Å². The molecule has 0 aromatic heterocycles. The Hall–Kier alpha value is -0.995. The summed E-state index contributed by atoms with van der Waals surface area (Å²) in [6.45, 7) is 13.2. The van der Waals surface area contributed by atoms with Crippen LogP contribution in [0.4, 0.5) is 0 Å². The lowest BCUT2D eigenvalue weighted by Gasteiger charge is -2.32. The molecular weight excluding hydrogens is 251 g/mol. The highest BCUT2D eigenvalue weighted by molar-refractivity contribution is 6.63. The average molecular weight is 276 g/mol. The third kappa shape index (κ3) is 3.02. The Kier molecular flexibility index (Phi) is 4.17. The quantitative estimate of drug-likeness (QED) is 0.791. The average Bonchev–Trinajstić information content (AvgIpc) is 2.56. The third-order valence-corrected chi connectivity index (χ3v) is 4.00. The highest BCUT2D eigenvalue weighted by atomic mass is 16.7. The highest BCUT2D eigenvalue weighted by Crippen LogP contribution is 2.37. The fourth-order valence-electron chi connectivity index (χ4n) is 2.03. The van der Waals surface area contributed by atoms with Gasteiger partial charge in [0.1, 0.15) is 5.75 Å². The molecule has 0 N–H and O–H groups in total. The van der Waals surface area contributed by atoms with Crippen LogP contribution in [0.15, 0.2) is 24.3 Å². The van der Waals surface area contributed by atoms with Gasteiger partial charge in [0.25, 0.3) is 0 Å². The van der Waals surface area contributed by atoms with Crippen LogP contribution in [0.2, 0.25) is 0 Å². The van der Waals surface area contributed by atoms with Crippen molar-refractivity contribution in [2.75, 3.05) is 6.61 Å². The maximum absolute atomic E-state index is 6.10. The first kappa shape index (κ1) is 15.4. The van der Waals surface area contributed by atoms with Crippen LogP contribution in [0.3, 0.4) is 0 Å². The van der Waals surface area contributed by atoms with E-state index in [0.717, 1.165) is 11.2 Å². The van der Waals surface area contributed by atoms with Gasteiger partial charge < -0.3 is 14.0 Å². The second-order valence-electron chi connectivity index (χ2n) is 6.83. The van der Waals surface area contributed by atoms with Crippen molar-refractivity contribution in [3.63, 3.8) is 0 Å². The van der Waals surface area contributed by atoms with Gasteiger partial charge in [-0.15, -0.1) is 0 Å². The maximum atomic E-state index is 6.10. The maximum Gasteiger partial charge on any atom is 0.498 e. The number of rotatable bonds is 4. The van der Waals surface area contributed by atoms with E-state index in [4.69, 9.17) is 14.0 Å². The van der Waals surface area contributed by atoms with Crippen molar-refractivity contribution in [3.05, 3.63) is 24.3 Å². The number of para-hydroxylation sites is 1. The second kappa shape index (κ2) is 5.42. The van der Waals surface area contributed by atoms with Gasteiger partial charge in [-0.2, -0.15) is 0 Å². The summed E-state index contributed by atoms with van der Waals surface area (Å²) >= 11 is 0. The number of benzene rings is 1. The van der Waals surface area contributed by atoms with Gasteiger partial charge in [0, 0.05) is 5.46 Å². The van der Waals surface area contributed by atoms with Gasteiger partial charge in [-0.3, -0.25) is 0 Å². The van der Waals surface area contributed by atoms with Crippen LogP contribution < -0.4 is 10.2 Å². The molecule has 0 bridgehead atoms. The normalized spacial score (nSPS) is 20.4. The minimum atomic E-state index is -0.372. The first-order chi connectivity index (χ1) is 9.23. The van der Waals surface area contributed by atoms with Gasteiger partial charge in [0.2, 0.25) is 0 Å². The molecule has 4 heteroatoms. The Balaban J connectivity index is 2.22. The van der Waals surface area contributed by atoms with E-state index in [2.05, 4.69) is 41.5 Å². The van der Waals surface area contributed by atoms with Gasteiger partial charge in [0.15, 0.2) is 0 Å². The number of ether oxygens (including phenoxy) is 1. The Morgan fingerprint density at radius 2 is 1.60 bits per heavy atom. The lowest BCUT2D eigenvalue weighted by atomic mass is 9.78. The minimum absolute atomic E-state index is 0.331. The SMILES string of the molecule is CC(C)COc1ccccc1B1OC(C)(C)C(C)(C)O1. The molecule has 0 radical (unpaired) electrons. The van der Waals surface area contributed by atoms with Crippen molar-refractivity contribution in [2.24, 2.45) is 5.92 Å². The monoisotopic (exact) mass is 276 g/mol. The van der Waals surface area contributed by atoms with Gasteiger partial charge in [-0.25, -0.2) is 0 Å². The van der Waals surface area contributed by atoms with Crippen LogP contribution in [0, 0.1) is 5.92 Å². The van der Waals surface area contributed by atoms with E-state index in [1.54, 1.807) is 0 Å². The molecule has 0 amide bonds. The molecule has 0 atom stereocenters. The zero-order valence-electron chi connectivity index (χ0n) is 13.4. The Morgan fingerprint density at radius 1 is 1.05 bits per heavy atom. The largest absolute Gasteiger partial charge is 0.498 e. The smallest absolute Gasteiger partial charge is 0.494 e. The summed E-state index contributed by atoms with van der Waals surface area (Å²) in [4.78, 5) is 0. The van der Waals surface area contributed by atoms with E-state index in [1.165, 1.54) is 0 Å². The van der Waals surface area contributed by atoms with E-state index < -0.39 is 0 Å². The topological polar surface area (TPSA) is 27.7 Å². The van der Waals surface area contributed by atoms with Gasteiger partial charge in [-0.1, -0.05) is 32.0 Å². The van der Waals surface area contributed by atoms with Crippen molar-refractivity contribution in [1.82, 2.24) is 0 Å². The molecule has 20 heavy (non-hydrogen) atoms. The standard InChI is InChI=1S/C16H25BO3/c1-12(2)11-18-14-10-8-7-9-13(14)17-19-15(3,4)16(5,6)20-17/h7-10,12H,11H2,1-6H3. The molecule has 1 saturated heterocycles. The van der Waals surface area contributed by atoms with Crippen LogP contribution in [0.25, 0.3) is 0 Å². The van der Waals surface area contributed by atoms with Crippen LogP contribution in [0.5, 0.6) is 5.75 Å². The van der Waals surface area contributed by atoms with Crippen LogP contribution >= 0.6 is 0 Å². The minimum Gasteiger partial charge on any atom is -0.494 e. The highest BCUT2D eigenvalue weighted by Gasteiger charge is 2.52. The van der Waals surface area contributed by atoms with Crippen LogP contribution in [-0.4, -0.2) is 24.9 Å². The zero-order valence-corrected chi connectivity index (χ0v) is 13.4. The number of hydrogen-bond acceptors (Lipinski definition) is 3. The van der Waals surface area contributed by atoms with E-state index in [-0.39, 0.29) is 18.3 Å². The molecular formula is C16H25BO3. The molecule has 110 valence electrons. The fraction of sp³-hybridized carbons (Fsp3) is 0.625. The summed E-state index contributed by atoms with van der Waals surface area (Å²) in [7, 11) is -0.372. The van der Waals surface area contributed by atoms with E-state index in [0.29, 0.717) is 12.5 Å². The predicted octanol–water partition coefficient (Wildman–Crippen LogP) is 3.02. The van der Waals surface area contributed by atoms with Crippen molar-refractivity contribution in [2.45, 2.75) is 52.7 Å². The van der Waals surface area contributed by atoms with Gasteiger partial charge in [0.05, 0.1) is 17.8 Å². The molecule has 2 rings (SSSR count). The second-order valence-corrected chi connectivity index (χ2v) is 6.83. The number of hydrogen-bond donors (Lipinski definition) is 0. The van der Waals surface area contributed by atoms with Crippen molar-refractivity contribution in [1.29, 1.82) is 0 Å². The zero-order chi connectivity index (χ0) is 15.0. The lowest BCUT2D eigenvalue weighted by molar-refractivity contribution is 0.00578.